The third kappa shape index (κ3) is 5.07. The molecule has 1 unspecified atom stereocenters. The Kier molecular flexibility index (Phi) is 5.78. The first kappa shape index (κ1) is 17.5. The number of urea groups is 1. The van der Waals surface area contributed by atoms with Crippen LogP contribution in [-0.2, 0) is 10.9 Å². The molecule has 1 aromatic rings. The van der Waals surface area contributed by atoms with Gasteiger partial charge in [-0.15, -0.1) is 0 Å². The van der Waals surface area contributed by atoms with Crippen molar-refractivity contribution < 1.29 is 27.8 Å². The standard InChI is InChI=1S/C14H18F3N3O3/c15-14(16,17)10-3-4-18-12(8-10)19-13(22)20-5-1-2-11(9-20)23-7-6-21/h3-4,8,11,21H,1-2,5-7,9H2,(H,18,19,22). The van der Waals surface area contributed by atoms with Gasteiger partial charge in [0.15, 0.2) is 0 Å². The molecule has 2 heterocycles. The molecule has 2 N–H and O–H groups in total. The van der Waals surface area contributed by atoms with Crippen LogP contribution in [0, 0.1) is 0 Å². The molecular formula is C14H18F3N3O3. The predicted octanol–water partition coefficient (Wildman–Crippen LogP) is 2.11. The van der Waals surface area contributed by atoms with Gasteiger partial charge < -0.3 is 14.7 Å². The zero-order chi connectivity index (χ0) is 16.9. The fraction of sp³-hybridized carbons (Fsp3) is 0.571. The van der Waals surface area contributed by atoms with Crippen LogP contribution in [0.15, 0.2) is 18.3 Å². The molecule has 6 nitrogen and oxygen atoms in total. The summed E-state index contributed by atoms with van der Waals surface area (Å²) in [6, 6.07) is 1.12. The zero-order valence-corrected chi connectivity index (χ0v) is 12.3. The molecule has 128 valence electrons. The van der Waals surface area contributed by atoms with Crippen molar-refractivity contribution in [1.29, 1.82) is 0 Å². The fourth-order valence-electron chi connectivity index (χ4n) is 2.34. The highest BCUT2D eigenvalue weighted by Gasteiger charge is 2.31. The fourth-order valence-corrected chi connectivity index (χ4v) is 2.34. The van der Waals surface area contributed by atoms with E-state index in [4.69, 9.17) is 9.84 Å². The molecular weight excluding hydrogens is 315 g/mol. The smallest absolute Gasteiger partial charge is 0.394 e. The number of aliphatic hydroxyl groups is 1. The minimum atomic E-state index is -4.49. The van der Waals surface area contributed by atoms with E-state index in [1.807, 2.05) is 0 Å². The minimum absolute atomic E-state index is 0.100. The number of hydrogen-bond acceptors (Lipinski definition) is 4. The average molecular weight is 333 g/mol. The highest BCUT2D eigenvalue weighted by Crippen LogP contribution is 2.30. The highest BCUT2D eigenvalue weighted by molar-refractivity contribution is 5.88. The third-order valence-electron chi connectivity index (χ3n) is 3.43. The summed E-state index contributed by atoms with van der Waals surface area (Å²) in [7, 11) is 0. The molecule has 0 saturated carbocycles. The van der Waals surface area contributed by atoms with Gasteiger partial charge in [0, 0.05) is 19.3 Å². The van der Waals surface area contributed by atoms with Crippen LogP contribution in [0.3, 0.4) is 0 Å². The second-order valence-electron chi connectivity index (χ2n) is 5.16. The quantitative estimate of drug-likeness (QED) is 0.885. The summed E-state index contributed by atoms with van der Waals surface area (Å²) in [6.07, 6.45) is -2.18. The number of ether oxygens (including phenoxy) is 1. The maximum Gasteiger partial charge on any atom is 0.416 e. The van der Waals surface area contributed by atoms with Crippen molar-refractivity contribution in [3.8, 4) is 0 Å². The number of amides is 2. The summed E-state index contributed by atoms with van der Waals surface area (Å²) in [5.74, 6) is -0.150. The Balaban J connectivity index is 1.96. The van der Waals surface area contributed by atoms with E-state index < -0.39 is 17.8 Å². The number of halogens is 3. The molecule has 1 aliphatic rings. The molecule has 0 radical (unpaired) electrons. The lowest BCUT2D eigenvalue weighted by atomic mass is 10.1. The first-order valence-electron chi connectivity index (χ1n) is 7.22. The van der Waals surface area contributed by atoms with Crippen molar-refractivity contribution in [1.82, 2.24) is 9.88 Å². The zero-order valence-electron chi connectivity index (χ0n) is 12.3. The maximum absolute atomic E-state index is 12.6. The van der Waals surface area contributed by atoms with E-state index in [0.717, 1.165) is 31.2 Å². The van der Waals surface area contributed by atoms with E-state index in [9.17, 15) is 18.0 Å². The maximum atomic E-state index is 12.6. The number of alkyl halides is 3. The van der Waals surface area contributed by atoms with E-state index in [1.165, 1.54) is 4.90 Å². The van der Waals surface area contributed by atoms with Crippen LogP contribution < -0.4 is 5.32 Å². The van der Waals surface area contributed by atoms with E-state index >= 15 is 0 Å². The third-order valence-corrected chi connectivity index (χ3v) is 3.43. The Hall–Kier alpha value is -1.87. The predicted molar refractivity (Wildman–Crippen MR) is 75.9 cm³/mol. The number of nitrogens with zero attached hydrogens (tertiary/aromatic N) is 2. The number of carbonyl (C=O) groups excluding carboxylic acids is 1. The molecule has 0 aliphatic carbocycles. The van der Waals surface area contributed by atoms with Crippen molar-refractivity contribution in [2.24, 2.45) is 0 Å². The van der Waals surface area contributed by atoms with Gasteiger partial charge in [-0.25, -0.2) is 9.78 Å². The number of nitrogens with one attached hydrogen (secondary N) is 1. The van der Waals surface area contributed by atoms with Crippen LogP contribution in [0.5, 0.6) is 0 Å². The first-order valence-corrected chi connectivity index (χ1v) is 7.22. The van der Waals surface area contributed by atoms with Gasteiger partial charge in [-0.2, -0.15) is 13.2 Å². The van der Waals surface area contributed by atoms with Gasteiger partial charge in [0.1, 0.15) is 5.82 Å². The average Bonchev–Trinajstić information content (AvgIpc) is 2.52. The Morgan fingerprint density at radius 1 is 1.52 bits per heavy atom. The molecule has 1 aliphatic heterocycles. The summed E-state index contributed by atoms with van der Waals surface area (Å²) in [5.41, 5.74) is -0.870. The van der Waals surface area contributed by atoms with E-state index in [-0.39, 0.29) is 25.1 Å². The second-order valence-corrected chi connectivity index (χ2v) is 5.16. The number of aliphatic hydroxyl groups excluding tert-OH is 1. The van der Waals surface area contributed by atoms with Gasteiger partial charge in [0.2, 0.25) is 0 Å². The summed E-state index contributed by atoms with van der Waals surface area (Å²) >= 11 is 0. The van der Waals surface area contributed by atoms with Gasteiger partial charge in [-0.3, -0.25) is 5.32 Å². The van der Waals surface area contributed by atoms with E-state index in [1.54, 1.807) is 0 Å². The molecule has 1 aromatic heterocycles. The van der Waals surface area contributed by atoms with Gasteiger partial charge in [0.05, 0.1) is 24.9 Å². The van der Waals surface area contributed by atoms with Crippen LogP contribution in [0.1, 0.15) is 18.4 Å². The summed E-state index contributed by atoms with van der Waals surface area (Å²) < 4.78 is 43.3. The summed E-state index contributed by atoms with van der Waals surface area (Å²) in [6.45, 7) is 0.904. The van der Waals surface area contributed by atoms with Crippen LogP contribution >= 0.6 is 0 Å². The highest BCUT2D eigenvalue weighted by atomic mass is 19.4. The molecule has 1 fully saturated rings. The number of carbonyl (C=O) groups is 1. The van der Waals surface area contributed by atoms with Crippen LogP contribution in [-0.4, -0.2) is 53.4 Å². The van der Waals surface area contributed by atoms with Crippen molar-refractivity contribution in [2.45, 2.75) is 25.1 Å². The Morgan fingerprint density at radius 3 is 3.00 bits per heavy atom. The number of aromatic nitrogens is 1. The molecule has 9 heteroatoms. The minimum Gasteiger partial charge on any atom is -0.394 e. The second kappa shape index (κ2) is 7.60. The molecule has 2 rings (SSSR count). The molecule has 0 aromatic carbocycles. The Labute approximate surface area is 131 Å². The Bertz CT molecular complexity index is 539. The molecule has 0 bridgehead atoms. The SMILES string of the molecule is O=C(Nc1cc(C(F)(F)F)ccn1)N1CCCC(OCCO)C1. The number of piperidine rings is 1. The van der Waals surface area contributed by atoms with Crippen LogP contribution in [0.4, 0.5) is 23.8 Å². The number of hydrogen-bond donors (Lipinski definition) is 2. The number of anilines is 1. The van der Waals surface area contributed by atoms with Crippen molar-refractivity contribution >= 4 is 11.8 Å². The monoisotopic (exact) mass is 333 g/mol. The molecule has 2 amide bonds. The van der Waals surface area contributed by atoms with E-state index in [0.29, 0.717) is 13.1 Å². The van der Waals surface area contributed by atoms with Gasteiger partial charge in [0.25, 0.3) is 0 Å². The molecule has 1 saturated heterocycles. The van der Waals surface area contributed by atoms with Gasteiger partial charge >= 0.3 is 12.2 Å². The lowest BCUT2D eigenvalue weighted by Gasteiger charge is -2.32. The van der Waals surface area contributed by atoms with Crippen molar-refractivity contribution in [3.63, 3.8) is 0 Å². The lowest BCUT2D eigenvalue weighted by molar-refractivity contribution is -0.137. The summed E-state index contributed by atoms with van der Waals surface area (Å²) in [5, 5.41) is 11.1. The molecule has 0 spiro atoms. The normalized spacial score (nSPS) is 18.8. The van der Waals surface area contributed by atoms with Gasteiger partial charge in [-0.1, -0.05) is 0 Å². The van der Waals surface area contributed by atoms with Crippen LogP contribution in [0.25, 0.3) is 0 Å². The number of rotatable bonds is 4. The molecule has 1 atom stereocenters. The summed E-state index contributed by atoms with van der Waals surface area (Å²) in [4.78, 5) is 17.3. The number of likely N-dealkylation sites (tertiary alicyclic amines) is 1. The lowest BCUT2D eigenvalue weighted by Crippen LogP contribution is -2.45. The van der Waals surface area contributed by atoms with Crippen molar-refractivity contribution in [2.75, 3.05) is 31.6 Å². The molecule has 23 heavy (non-hydrogen) atoms. The van der Waals surface area contributed by atoms with E-state index in [2.05, 4.69) is 10.3 Å². The topological polar surface area (TPSA) is 74.7 Å². The number of pyridine rings is 1. The largest absolute Gasteiger partial charge is 0.416 e. The Morgan fingerprint density at radius 2 is 2.30 bits per heavy atom. The first-order chi connectivity index (χ1) is 10.9. The van der Waals surface area contributed by atoms with Crippen LogP contribution in [0.2, 0.25) is 0 Å². The van der Waals surface area contributed by atoms with Crippen molar-refractivity contribution in [3.05, 3.63) is 23.9 Å². The van der Waals surface area contributed by atoms with Gasteiger partial charge in [-0.05, 0) is 25.0 Å².